The van der Waals surface area contributed by atoms with Crippen LogP contribution < -0.4 is 10.2 Å². The first-order valence-electron chi connectivity index (χ1n) is 5.65. The average Bonchev–Trinajstić information content (AvgIpc) is 2.42. The second-order valence-corrected chi connectivity index (χ2v) is 4.41. The maximum atomic E-state index is 12.2. The minimum absolute atomic E-state index is 0.0366. The van der Waals surface area contributed by atoms with Crippen molar-refractivity contribution in [2.24, 2.45) is 0 Å². The third-order valence-corrected chi connectivity index (χ3v) is 2.96. The van der Waals surface area contributed by atoms with Crippen LogP contribution in [0.15, 0.2) is 38.1 Å². The second-order valence-electron chi connectivity index (χ2n) is 3.69. The number of halogens is 1. The van der Waals surface area contributed by atoms with E-state index in [1.54, 1.807) is 31.4 Å². The van der Waals surface area contributed by atoms with Gasteiger partial charge in [-0.2, -0.15) is 0 Å². The number of benzene rings is 1. The molecule has 5 nitrogen and oxygen atoms in total. The van der Waals surface area contributed by atoms with E-state index in [1.165, 1.54) is 0 Å². The lowest BCUT2D eigenvalue weighted by Gasteiger charge is -2.08. The summed E-state index contributed by atoms with van der Waals surface area (Å²) < 4.78 is 21.0. The number of fused-ring (bicyclic) bond motifs is 1. The lowest BCUT2D eigenvalue weighted by molar-refractivity contribution is -0.0101. The summed E-state index contributed by atoms with van der Waals surface area (Å²) in [7, 11) is 1.58. The zero-order valence-electron chi connectivity index (χ0n) is 10.3. The molecule has 1 aromatic heterocycles. The van der Waals surface area contributed by atoms with Crippen LogP contribution in [0, 0.1) is 0 Å². The van der Waals surface area contributed by atoms with E-state index in [0.29, 0.717) is 24.2 Å². The lowest BCUT2D eigenvalue weighted by Crippen LogP contribution is -2.13. The molecule has 0 fully saturated rings. The predicted molar refractivity (Wildman–Crippen MR) is 73.5 cm³/mol. The Morgan fingerprint density at radius 3 is 2.84 bits per heavy atom. The zero-order chi connectivity index (χ0) is 13.7. The average molecular weight is 329 g/mol. The van der Waals surface area contributed by atoms with E-state index < -0.39 is 0 Å². The van der Waals surface area contributed by atoms with Gasteiger partial charge in [0.25, 0.3) is 0 Å². The maximum Gasteiger partial charge on any atom is 0.235 e. The number of rotatable bonds is 6. The van der Waals surface area contributed by atoms with Gasteiger partial charge in [0.15, 0.2) is 6.79 Å². The minimum Gasteiger partial charge on any atom is -0.459 e. The Bertz CT molecular complexity index is 607. The van der Waals surface area contributed by atoms with E-state index in [1.807, 2.05) is 0 Å². The summed E-state index contributed by atoms with van der Waals surface area (Å²) >= 11 is 3.18. The van der Waals surface area contributed by atoms with Gasteiger partial charge >= 0.3 is 0 Å². The number of hydrogen-bond acceptors (Lipinski definition) is 5. The summed E-state index contributed by atoms with van der Waals surface area (Å²) in [6.07, 6.45) is 0. The van der Waals surface area contributed by atoms with Crippen LogP contribution in [0.25, 0.3) is 11.0 Å². The van der Waals surface area contributed by atoms with E-state index in [0.717, 1.165) is 0 Å². The van der Waals surface area contributed by atoms with Crippen LogP contribution in [-0.4, -0.2) is 27.1 Å². The van der Waals surface area contributed by atoms with Crippen LogP contribution in [0.4, 0.5) is 0 Å². The Hall–Kier alpha value is -1.37. The Morgan fingerprint density at radius 2 is 2.05 bits per heavy atom. The standard InChI is InChI=1S/C13H13BrO5/c1-16-6-7-17-8-18-12-11(15)9-4-2-3-5-10(9)19-13(12)14/h2-5H,6-8H2,1H3. The molecule has 0 saturated heterocycles. The van der Waals surface area contributed by atoms with Gasteiger partial charge in [0.2, 0.25) is 15.8 Å². The lowest BCUT2D eigenvalue weighted by atomic mass is 10.2. The molecule has 0 N–H and O–H groups in total. The maximum absolute atomic E-state index is 12.2. The quantitative estimate of drug-likeness (QED) is 0.602. The van der Waals surface area contributed by atoms with E-state index in [4.69, 9.17) is 18.6 Å². The Kier molecular flexibility index (Phi) is 4.95. The fourth-order valence-corrected chi connectivity index (χ4v) is 1.99. The van der Waals surface area contributed by atoms with Crippen molar-refractivity contribution in [2.75, 3.05) is 27.1 Å². The molecule has 0 saturated carbocycles. The highest BCUT2D eigenvalue weighted by atomic mass is 79.9. The molecule has 2 rings (SSSR count). The predicted octanol–water partition coefficient (Wildman–Crippen LogP) is 2.55. The number of para-hydroxylation sites is 1. The van der Waals surface area contributed by atoms with Gasteiger partial charge in [-0.1, -0.05) is 12.1 Å². The molecular weight excluding hydrogens is 316 g/mol. The fraction of sp³-hybridized carbons (Fsp3) is 0.308. The molecule has 0 bridgehead atoms. The number of ether oxygens (including phenoxy) is 3. The number of hydrogen-bond donors (Lipinski definition) is 0. The van der Waals surface area contributed by atoms with Gasteiger partial charge in [0.1, 0.15) is 5.58 Å². The first kappa shape index (κ1) is 14.0. The fourth-order valence-electron chi connectivity index (χ4n) is 1.52. The van der Waals surface area contributed by atoms with Crippen molar-refractivity contribution in [3.8, 4) is 5.75 Å². The molecule has 1 heterocycles. The summed E-state index contributed by atoms with van der Waals surface area (Å²) in [6, 6.07) is 6.98. The number of methoxy groups -OCH3 is 1. The molecule has 102 valence electrons. The van der Waals surface area contributed by atoms with E-state index in [9.17, 15) is 4.79 Å². The van der Waals surface area contributed by atoms with Gasteiger partial charge < -0.3 is 18.6 Å². The van der Waals surface area contributed by atoms with Crippen molar-refractivity contribution in [1.82, 2.24) is 0 Å². The molecular formula is C13H13BrO5. The minimum atomic E-state index is -0.232. The van der Waals surface area contributed by atoms with Gasteiger partial charge in [0, 0.05) is 7.11 Å². The molecule has 0 aliphatic heterocycles. The zero-order valence-corrected chi connectivity index (χ0v) is 11.9. The van der Waals surface area contributed by atoms with E-state index in [-0.39, 0.29) is 22.6 Å². The van der Waals surface area contributed by atoms with Gasteiger partial charge in [-0.05, 0) is 28.1 Å². The van der Waals surface area contributed by atoms with Gasteiger partial charge in [-0.25, -0.2) is 0 Å². The SMILES string of the molecule is COCCOCOc1c(Br)oc2ccccc2c1=O. The molecule has 0 aliphatic carbocycles. The van der Waals surface area contributed by atoms with Crippen LogP contribution in [0.1, 0.15) is 0 Å². The molecule has 0 amide bonds. The molecule has 6 heteroatoms. The van der Waals surface area contributed by atoms with Gasteiger partial charge in [-0.15, -0.1) is 0 Å². The smallest absolute Gasteiger partial charge is 0.235 e. The normalized spacial score (nSPS) is 10.8. The molecule has 0 atom stereocenters. The van der Waals surface area contributed by atoms with E-state index in [2.05, 4.69) is 15.9 Å². The van der Waals surface area contributed by atoms with Crippen molar-refractivity contribution in [3.63, 3.8) is 0 Å². The summed E-state index contributed by atoms with van der Waals surface area (Å²) in [5, 5.41) is 0.470. The summed E-state index contributed by atoms with van der Waals surface area (Å²) in [6.45, 7) is 0.828. The third-order valence-electron chi connectivity index (χ3n) is 2.43. The Labute approximate surface area is 118 Å². The van der Waals surface area contributed by atoms with Crippen LogP contribution in [0.5, 0.6) is 5.75 Å². The molecule has 0 spiro atoms. The third kappa shape index (κ3) is 3.34. The molecule has 19 heavy (non-hydrogen) atoms. The molecule has 2 aromatic rings. The van der Waals surface area contributed by atoms with Crippen LogP contribution >= 0.6 is 15.9 Å². The summed E-state index contributed by atoms with van der Waals surface area (Å²) in [5.41, 5.74) is 0.274. The monoisotopic (exact) mass is 328 g/mol. The van der Waals surface area contributed by atoms with E-state index >= 15 is 0 Å². The summed E-state index contributed by atoms with van der Waals surface area (Å²) in [4.78, 5) is 12.2. The van der Waals surface area contributed by atoms with Crippen LogP contribution in [0.3, 0.4) is 0 Å². The highest BCUT2D eigenvalue weighted by Gasteiger charge is 2.13. The van der Waals surface area contributed by atoms with Crippen molar-refractivity contribution in [1.29, 1.82) is 0 Å². The van der Waals surface area contributed by atoms with Gasteiger partial charge in [-0.3, -0.25) is 4.79 Å². The highest BCUT2D eigenvalue weighted by molar-refractivity contribution is 9.10. The molecule has 1 aromatic carbocycles. The molecule has 0 radical (unpaired) electrons. The topological polar surface area (TPSA) is 57.9 Å². The van der Waals surface area contributed by atoms with Crippen LogP contribution in [-0.2, 0) is 9.47 Å². The van der Waals surface area contributed by atoms with Crippen molar-refractivity contribution in [3.05, 3.63) is 39.2 Å². The Balaban J connectivity index is 2.16. The van der Waals surface area contributed by atoms with Gasteiger partial charge in [0.05, 0.1) is 18.6 Å². The highest BCUT2D eigenvalue weighted by Crippen LogP contribution is 2.25. The summed E-state index contributed by atoms with van der Waals surface area (Å²) in [5.74, 6) is 0.108. The largest absolute Gasteiger partial charge is 0.459 e. The van der Waals surface area contributed by atoms with Crippen molar-refractivity contribution in [2.45, 2.75) is 0 Å². The molecule has 0 aliphatic rings. The van der Waals surface area contributed by atoms with Crippen molar-refractivity contribution < 1.29 is 18.6 Å². The second kappa shape index (κ2) is 6.70. The first-order chi connectivity index (χ1) is 9.24. The Morgan fingerprint density at radius 1 is 1.26 bits per heavy atom. The van der Waals surface area contributed by atoms with Crippen molar-refractivity contribution >= 4 is 26.9 Å². The first-order valence-corrected chi connectivity index (χ1v) is 6.44. The molecule has 0 unspecified atom stereocenters. The van der Waals surface area contributed by atoms with Crippen LogP contribution in [0.2, 0.25) is 0 Å².